The highest BCUT2D eigenvalue weighted by Crippen LogP contribution is 2.22. The molecule has 21 heavy (non-hydrogen) atoms. The SMILES string of the molecule is C/C=C/C=C/C(=O)O[C@@H](C)C(=O)Nc1cc(Cl)cc(Cl)c1. The number of carbonyl (C=O) groups excluding carboxylic acids is 2. The predicted molar refractivity (Wildman–Crippen MR) is 84.6 cm³/mol. The van der Waals surface area contributed by atoms with Gasteiger partial charge in [0, 0.05) is 21.8 Å². The van der Waals surface area contributed by atoms with Crippen molar-refractivity contribution in [2.24, 2.45) is 0 Å². The third-order valence-corrected chi connectivity index (χ3v) is 2.76. The molecule has 1 N–H and O–H groups in total. The van der Waals surface area contributed by atoms with Crippen LogP contribution in [0.15, 0.2) is 42.5 Å². The normalized spacial score (nSPS) is 12.6. The van der Waals surface area contributed by atoms with Crippen LogP contribution in [-0.4, -0.2) is 18.0 Å². The third kappa shape index (κ3) is 6.47. The Bertz CT molecular complexity index is 562. The number of amides is 1. The molecule has 0 radical (unpaired) electrons. The molecule has 112 valence electrons. The predicted octanol–water partition coefficient (Wildman–Crippen LogP) is 4.00. The quantitative estimate of drug-likeness (QED) is 0.505. The van der Waals surface area contributed by atoms with Crippen molar-refractivity contribution < 1.29 is 14.3 Å². The van der Waals surface area contributed by atoms with Crippen molar-refractivity contribution in [2.75, 3.05) is 5.32 Å². The fourth-order valence-electron chi connectivity index (χ4n) is 1.38. The average Bonchev–Trinajstić information content (AvgIpc) is 2.37. The first-order valence-electron chi connectivity index (χ1n) is 6.19. The second-order valence-corrected chi connectivity index (χ2v) is 4.98. The van der Waals surface area contributed by atoms with Gasteiger partial charge in [-0.25, -0.2) is 4.79 Å². The summed E-state index contributed by atoms with van der Waals surface area (Å²) >= 11 is 11.7. The minimum Gasteiger partial charge on any atom is -0.449 e. The van der Waals surface area contributed by atoms with E-state index in [4.69, 9.17) is 27.9 Å². The van der Waals surface area contributed by atoms with Gasteiger partial charge in [-0.05, 0) is 32.0 Å². The summed E-state index contributed by atoms with van der Waals surface area (Å²) in [5, 5.41) is 3.37. The molecular formula is C15H15Cl2NO3. The lowest BCUT2D eigenvalue weighted by Crippen LogP contribution is -2.29. The van der Waals surface area contributed by atoms with Crippen LogP contribution in [0, 0.1) is 0 Å². The Morgan fingerprint density at radius 2 is 1.81 bits per heavy atom. The molecule has 0 bridgehead atoms. The lowest BCUT2D eigenvalue weighted by Gasteiger charge is -2.12. The summed E-state index contributed by atoms with van der Waals surface area (Å²) in [7, 11) is 0. The first-order valence-corrected chi connectivity index (χ1v) is 6.95. The van der Waals surface area contributed by atoms with Gasteiger partial charge in [0.05, 0.1) is 0 Å². The van der Waals surface area contributed by atoms with E-state index in [1.54, 1.807) is 30.4 Å². The number of rotatable bonds is 5. The molecule has 1 aromatic carbocycles. The van der Waals surface area contributed by atoms with Gasteiger partial charge in [-0.3, -0.25) is 4.79 Å². The zero-order chi connectivity index (χ0) is 15.8. The van der Waals surface area contributed by atoms with Crippen LogP contribution in [0.25, 0.3) is 0 Å². The number of allylic oxidation sites excluding steroid dienone is 3. The molecule has 0 saturated carbocycles. The van der Waals surface area contributed by atoms with E-state index in [9.17, 15) is 9.59 Å². The zero-order valence-electron chi connectivity index (χ0n) is 11.6. The van der Waals surface area contributed by atoms with Crippen LogP contribution in [-0.2, 0) is 14.3 Å². The maximum absolute atomic E-state index is 11.9. The first kappa shape index (κ1) is 17.3. The maximum Gasteiger partial charge on any atom is 0.331 e. The molecule has 0 fully saturated rings. The Kier molecular flexibility index (Phi) is 6.99. The summed E-state index contributed by atoms with van der Waals surface area (Å²) in [5.74, 6) is -1.07. The van der Waals surface area contributed by atoms with E-state index in [2.05, 4.69) is 5.32 Å². The molecule has 0 aliphatic heterocycles. The molecule has 0 aromatic heterocycles. The van der Waals surface area contributed by atoms with Crippen LogP contribution in [0.4, 0.5) is 5.69 Å². The Morgan fingerprint density at radius 1 is 1.19 bits per heavy atom. The monoisotopic (exact) mass is 327 g/mol. The molecule has 0 aliphatic rings. The number of hydrogen-bond donors (Lipinski definition) is 1. The Hall–Kier alpha value is -1.78. The van der Waals surface area contributed by atoms with E-state index in [0.717, 1.165) is 0 Å². The van der Waals surface area contributed by atoms with Gasteiger partial charge in [0.2, 0.25) is 0 Å². The highest BCUT2D eigenvalue weighted by Gasteiger charge is 2.16. The average molecular weight is 328 g/mol. The lowest BCUT2D eigenvalue weighted by molar-refractivity contribution is -0.148. The van der Waals surface area contributed by atoms with Gasteiger partial charge in [0.25, 0.3) is 5.91 Å². The fraction of sp³-hybridized carbons (Fsp3) is 0.200. The Morgan fingerprint density at radius 3 is 2.38 bits per heavy atom. The first-order chi connectivity index (χ1) is 9.92. The van der Waals surface area contributed by atoms with E-state index < -0.39 is 18.0 Å². The summed E-state index contributed by atoms with van der Waals surface area (Å²) in [6.07, 6.45) is 5.28. The second-order valence-electron chi connectivity index (χ2n) is 4.11. The van der Waals surface area contributed by atoms with Crippen molar-refractivity contribution in [3.05, 3.63) is 52.5 Å². The molecule has 0 heterocycles. The molecule has 1 amide bonds. The number of anilines is 1. The van der Waals surface area contributed by atoms with Crippen LogP contribution >= 0.6 is 23.2 Å². The highest BCUT2D eigenvalue weighted by atomic mass is 35.5. The van der Waals surface area contributed by atoms with E-state index in [0.29, 0.717) is 15.7 Å². The van der Waals surface area contributed by atoms with Gasteiger partial charge in [0.15, 0.2) is 6.10 Å². The van der Waals surface area contributed by atoms with Gasteiger partial charge in [-0.2, -0.15) is 0 Å². The van der Waals surface area contributed by atoms with Crippen LogP contribution in [0.5, 0.6) is 0 Å². The number of hydrogen-bond acceptors (Lipinski definition) is 3. The van der Waals surface area contributed by atoms with Crippen LogP contribution in [0.2, 0.25) is 10.0 Å². The number of nitrogens with one attached hydrogen (secondary N) is 1. The third-order valence-electron chi connectivity index (χ3n) is 2.33. The van der Waals surface area contributed by atoms with Crippen molar-refractivity contribution in [1.82, 2.24) is 0 Å². The number of halogens is 2. The summed E-state index contributed by atoms with van der Waals surface area (Å²) in [5.41, 5.74) is 0.435. The standard InChI is InChI=1S/C15H15Cl2NO3/c1-3-4-5-6-14(19)21-10(2)15(20)18-13-8-11(16)7-12(17)9-13/h3-10H,1-2H3,(H,18,20)/b4-3+,6-5+/t10-/m0/s1. The fourth-order valence-corrected chi connectivity index (χ4v) is 1.91. The summed E-state index contributed by atoms with van der Waals surface area (Å²) in [4.78, 5) is 23.3. The van der Waals surface area contributed by atoms with Crippen LogP contribution < -0.4 is 5.32 Å². The van der Waals surface area contributed by atoms with Crippen LogP contribution in [0.1, 0.15) is 13.8 Å². The number of carbonyl (C=O) groups is 2. The molecule has 0 spiro atoms. The largest absolute Gasteiger partial charge is 0.449 e. The van der Waals surface area contributed by atoms with E-state index >= 15 is 0 Å². The molecule has 0 aliphatic carbocycles. The summed E-state index contributed by atoms with van der Waals surface area (Å²) < 4.78 is 4.95. The summed E-state index contributed by atoms with van der Waals surface area (Å²) in [6, 6.07) is 4.64. The van der Waals surface area contributed by atoms with E-state index in [1.165, 1.54) is 19.1 Å². The zero-order valence-corrected chi connectivity index (χ0v) is 13.1. The molecule has 0 unspecified atom stereocenters. The number of ether oxygens (including phenoxy) is 1. The minimum absolute atomic E-state index is 0.400. The molecule has 4 nitrogen and oxygen atoms in total. The van der Waals surface area contributed by atoms with Gasteiger partial charge >= 0.3 is 5.97 Å². The van der Waals surface area contributed by atoms with E-state index in [-0.39, 0.29) is 0 Å². The van der Waals surface area contributed by atoms with Gasteiger partial charge < -0.3 is 10.1 Å². The van der Waals surface area contributed by atoms with Crippen molar-refractivity contribution in [3.8, 4) is 0 Å². The summed E-state index contributed by atoms with van der Waals surface area (Å²) in [6.45, 7) is 3.30. The molecule has 1 rings (SSSR count). The second kappa shape index (κ2) is 8.49. The molecule has 1 atom stereocenters. The maximum atomic E-state index is 11.9. The minimum atomic E-state index is -0.939. The highest BCUT2D eigenvalue weighted by molar-refractivity contribution is 6.35. The van der Waals surface area contributed by atoms with Crippen molar-refractivity contribution in [1.29, 1.82) is 0 Å². The van der Waals surface area contributed by atoms with Gasteiger partial charge in [0.1, 0.15) is 0 Å². The van der Waals surface area contributed by atoms with Gasteiger partial charge in [-0.1, -0.05) is 41.4 Å². The van der Waals surface area contributed by atoms with Crippen molar-refractivity contribution >= 4 is 40.8 Å². The molecular weight excluding hydrogens is 313 g/mol. The number of benzene rings is 1. The van der Waals surface area contributed by atoms with Crippen molar-refractivity contribution in [3.63, 3.8) is 0 Å². The van der Waals surface area contributed by atoms with Gasteiger partial charge in [-0.15, -0.1) is 0 Å². The molecule has 6 heteroatoms. The topological polar surface area (TPSA) is 55.4 Å². The Balaban J connectivity index is 2.60. The molecule has 0 saturated heterocycles. The lowest BCUT2D eigenvalue weighted by atomic mass is 10.3. The molecule has 1 aromatic rings. The van der Waals surface area contributed by atoms with E-state index in [1.807, 2.05) is 6.92 Å². The van der Waals surface area contributed by atoms with Crippen molar-refractivity contribution in [2.45, 2.75) is 20.0 Å². The number of esters is 1. The van der Waals surface area contributed by atoms with Crippen LogP contribution in [0.3, 0.4) is 0 Å². The Labute approximate surface area is 133 Å². The smallest absolute Gasteiger partial charge is 0.331 e.